The lowest BCUT2D eigenvalue weighted by molar-refractivity contribution is -0.132. The first-order valence-electron chi connectivity index (χ1n) is 6.82. The molecule has 1 atom stereocenters. The summed E-state index contributed by atoms with van der Waals surface area (Å²) in [7, 11) is 5.93. The van der Waals surface area contributed by atoms with E-state index in [0.29, 0.717) is 6.54 Å². The van der Waals surface area contributed by atoms with E-state index in [0.717, 1.165) is 25.1 Å². The molecule has 1 N–H and O–H groups in total. The van der Waals surface area contributed by atoms with Crippen molar-refractivity contribution in [3.05, 3.63) is 29.8 Å². The van der Waals surface area contributed by atoms with E-state index in [2.05, 4.69) is 28.4 Å². The molecule has 0 bridgehead atoms. The van der Waals surface area contributed by atoms with Gasteiger partial charge in [-0.05, 0) is 37.1 Å². The normalized spacial score (nSPS) is 17.4. The van der Waals surface area contributed by atoms with E-state index in [9.17, 15) is 4.79 Å². The van der Waals surface area contributed by atoms with Gasteiger partial charge in [0.15, 0.2) is 0 Å². The highest BCUT2D eigenvalue weighted by molar-refractivity contribution is 5.85. The highest BCUT2D eigenvalue weighted by Gasteiger charge is 2.24. The first kappa shape index (κ1) is 16.8. The molecule has 1 aromatic carbocycles. The van der Waals surface area contributed by atoms with Gasteiger partial charge in [0.2, 0.25) is 5.91 Å². The van der Waals surface area contributed by atoms with Crippen molar-refractivity contribution < 1.29 is 4.79 Å². The summed E-state index contributed by atoms with van der Waals surface area (Å²) in [4.78, 5) is 16.1. The number of nitrogens with one attached hydrogen (secondary N) is 1. The van der Waals surface area contributed by atoms with Crippen LogP contribution in [0.25, 0.3) is 0 Å². The van der Waals surface area contributed by atoms with Crippen molar-refractivity contribution in [3.63, 3.8) is 0 Å². The number of carbonyl (C=O) groups is 1. The molecule has 2 rings (SSSR count). The molecule has 0 saturated carbocycles. The first-order chi connectivity index (χ1) is 9.08. The number of hydrogen-bond acceptors (Lipinski definition) is 3. The van der Waals surface area contributed by atoms with Gasteiger partial charge in [-0.2, -0.15) is 0 Å². The Labute approximate surface area is 127 Å². The number of halogens is 1. The second kappa shape index (κ2) is 7.50. The molecule has 1 saturated heterocycles. The van der Waals surface area contributed by atoms with E-state index in [-0.39, 0.29) is 24.4 Å². The average Bonchev–Trinajstić information content (AvgIpc) is 2.92. The van der Waals surface area contributed by atoms with E-state index in [1.54, 1.807) is 0 Å². The van der Waals surface area contributed by atoms with Crippen molar-refractivity contribution in [1.29, 1.82) is 0 Å². The Morgan fingerprint density at radius 3 is 2.70 bits per heavy atom. The van der Waals surface area contributed by atoms with Crippen LogP contribution in [0.4, 0.5) is 5.69 Å². The Hall–Kier alpha value is -1.26. The van der Waals surface area contributed by atoms with Gasteiger partial charge in [-0.25, -0.2) is 0 Å². The molecule has 1 aliphatic heterocycles. The molecule has 1 amide bonds. The van der Waals surface area contributed by atoms with Crippen molar-refractivity contribution in [3.8, 4) is 0 Å². The summed E-state index contributed by atoms with van der Waals surface area (Å²) >= 11 is 0. The lowest BCUT2D eigenvalue weighted by atomic mass is 10.1. The minimum atomic E-state index is 0. The highest BCUT2D eigenvalue weighted by Crippen LogP contribution is 2.16. The van der Waals surface area contributed by atoms with Gasteiger partial charge >= 0.3 is 0 Å². The van der Waals surface area contributed by atoms with Gasteiger partial charge in [0.05, 0.1) is 6.04 Å². The van der Waals surface area contributed by atoms with Gasteiger partial charge in [0, 0.05) is 33.4 Å². The summed E-state index contributed by atoms with van der Waals surface area (Å²) in [5.41, 5.74) is 2.33. The van der Waals surface area contributed by atoms with Gasteiger partial charge in [-0.1, -0.05) is 12.1 Å². The molecule has 112 valence electrons. The lowest BCUT2D eigenvalue weighted by Crippen LogP contribution is -2.41. The fourth-order valence-electron chi connectivity index (χ4n) is 2.45. The molecule has 0 aliphatic carbocycles. The predicted molar refractivity (Wildman–Crippen MR) is 85.5 cm³/mol. The molecule has 1 fully saturated rings. The van der Waals surface area contributed by atoms with Gasteiger partial charge < -0.3 is 15.1 Å². The number of amides is 1. The Kier molecular flexibility index (Phi) is 6.30. The van der Waals surface area contributed by atoms with Crippen LogP contribution in [0.1, 0.15) is 18.4 Å². The standard InChI is InChI=1S/C15H23N3O.ClH/c1-17(2)13-7-4-6-12(10-13)11-18(3)15(19)14-8-5-9-16-14;/h4,6-7,10,14,16H,5,8-9,11H2,1-3H3;1H. The fourth-order valence-corrected chi connectivity index (χ4v) is 2.45. The van der Waals surface area contributed by atoms with Crippen LogP contribution in [0.3, 0.4) is 0 Å². The Bertz CT molecular complexity index is 444. The topological polar surface area (TPSA) is 35.6 Å². The summed E-state index contributed by atoms with van der Waals surface area (Å²) < 4.78 is 0. The molecular formula is C15H24ClN3O. The van der Waals surface area contributed by atoms with Crippen LogP contribution in [0.15, 0.2) is 24.3 Å². The number of carbonyl (C=O) groups excluding carboxylic acids is 1. The van der Waals surface area contributed by atoms with E-state index >= 15 is 0 Å². The largest absolute Gasteiger partial charge is 0.378 e. The summed E-state index contributed by atoms with van der Waals surface area (Å²) in [6.45, 7) is 1.62. The maximum Gasteiger partial charge on any atom is 0.239 e. The van der Waals surface area contributed by atoms with E-state index in [4.69, 9.17) is 0 Å². The van der Waals surface area contributed by atoms with E-state index < -0.39 is 0 Å². The van der Waals surface area contributed by atoms with Gasteiger partial charge in [-0.3, -0.25) is 4.79 Å². The highest BCUT2D eigenvalue weighted by atomic mass is 35.5. The van der Waals surface area contributed by atoms with Crippen LogP contribution in [0, 0.1) is 0 Å². The molecule has 0 radical (unpaired) electrons. The second-order valence-corrected chi connectivity index (χ2v) is 5.41. The number of anilines is 1. The monoisotopic (exact) mass is 297 g/mol. The van der Waals surface area contributed by atoms with Crippen LogP contribution in [-0.2, 0) is 11.3 Å². The van der Waals surface area contributed by atoms with Crippen molar-refractivity contribution in [2.45, 2.75) is 25.4 Å². The van der Waals surface area contributed by atoms with E-state index in [1.807, 2.05) is 32.1 Å². The molecule has 0 aromatic heterocycles. The third-order valence-electron chi connectivity index (χ3n) is 3.58. The smallest absolute Gasteiger partial charge is 0.239 e. The quantitative estimate of drug-likeness (QED) is 0.922. The molecule has 0 spiro atoms. The average molecular weight is 298 g/mol. The van der Waals surface area contributed by atoms with Gasteiger partial charge in [0.25, 0.3) is 0 Å². The SMILES string of the molecule is CN(Cc1cccc(N(C)C)c1)C(=O)C1CCCN1.Cl. The molecule has 1 aliphatic rings. The zero-order valence-electron chi connectivity index (χ0n) is 12.4. The summed E-state index contributed by atoms with van der Waals surface area (Å²) in [5.74, 6) is 0.202. The molecule has 1 heterocycles. The predicted octanol–water partition coefficient (Wildman–Crippen LogP) is 1.88. The number of benzene rings is 1. The van der Waals surface area contributed by atoms with Gasteiger partial charge in [0.1, 0.15) is 0 Å². The number of nitrogens with zero attached hydrogens (tertiary/aromatic N) is 2. The van der Waals surface area contributed by atoms with Crippen molar-refractivity contribution in [2.75, 3.05) is 32.6 Å². The zero-order chi connectivity index (χ0) is 13.8. The summed E-state index contributed by atoms with van der Waals surface area (Å²) in [6, 6.07) is 8.33. The Balaban J connectivity index is 0.00000200. The minimum absolute atomic E-state index is 0. The third-order valence-corrected chi connectivity index (χ3v) is 3.58. The van der Waals surface area contributed by atoms with E-state index in [1.165, 1.54) is 5.56 Å². The molecule has 5 heteroatoms. The summed E-state index contributed by atoms with van der Waals surface area (Å²) in [6.07, 6.45) is 2.06. The summed E-state index contributed by atoms with van der Waals surface area (Å²) in [5, 5.41) is 3.25. The van der Waals surface area contributed by atoms with Crippen molar-refractivity contribution in [2.24, 2.45) is 0 Å². The van der Waals surface area contributed by atoms with Crippen LogP contribution in [0.2, 0.25) is 0 Å². The van der Waals surface area contributed by atoms with Crippen molar-refractivity contribution >= 4 is 24.0 Å². The second-order valence-electron chi connectivity index (χ2n) is 5.41. The maximum atomic E-state index is 12.2. The number of rotatable bonds is 4. The molecule has 4 nitrogen and oxygen atoms in total. The maximum absolute atomic E-state index is 12.2. The van der Waals surface area contributed by atoms with Crippen LogP contribution in [0.5, 0.6) is 0 Å². The lowest BCUT2D eigenvalue weighted by Gasteiger charge is -2.22. The number of likely N-dealkylation sites (N-methyl/N-ethyl adjacent to an activating group) is 1. The van der Waals surface area contributed by atoms with Crippen LogP contribution in [-0.4, -0.2) is 44.5 Å². The molecule has 20 heavy (non-hydrogen) atoms. The Morgan fingerprint density at radius 2 is 2.10 bits per heavy atom. The molecule has 1 aromatic rings. The number of hydrogen-bond donors (Lipinski definition) is 1. The van der Waals surface area contributed by atoms with Crippen molar-refractivity contribution in [1.82, 2.24) is 10.2 Å². The van der Waals surface area contributed by atoms with Crippen LogP contribution < -0.4 is 10.2 Å². The van der Waals surface area contributed by atoms with Crippen LogP contribution >= 0.6 is 12.4 Å². The molecular weight excluding hydrogens is 274 g/mol. The first-order valence-corrected chi connectivity index (χ1v) is 6.82. The molecule has 1 unspecified atom stereocenters. The zero-order valence-corrected chi connectivity index (χ0v) is 13.2. The third kappa shape index (κ3) is 4.12. The Morgan fingerprint density at radius 1 is 1.35 bits per heavy atom. The van der Waals surface area contributed by atoms with Gasteiger partial charge in [-0.15, -0.1) is 12.4 Å². The fraction of sp³-hybridized carbons (Fsp3) is 0.533. The minimum Gasteiger partial charge on any atom is -0.378 e.